The summed E-state index contributed by atoms with van der Waals surface area (Å²) < 4.78 is 11.4. The summed E-state index contributed by atoms with van der Waals surface area (Å²) >= 11 is 0. The van der Waals surface area contributed by atoms with Crippen LogP contribution in [0.25, 0.3) is 0 Å². The van der Waals surface area contributed by atoms with Gasteiger partial charge >= 0.3 is 0 Å². The standard InChI is InChI=1S/C16H21N3O2/c1-3-16(2)9-14-13(11-21-16)8-12(10-17)15(18-14)19-4-6-20-7-5-19/h8H,3-7,9,11H2,1-2H3/p+1/t16-/m0/s1. The molecular formula is C16H22N3O2+. The number of H-pyrrole nitrogens is 1. The van der Waals surface area contributed by atoms with Gasteiger partial charge in [-0.25, -0.2) is 4.98 Å². The Hall–Kier alpha value is -1.64. The summed E-state index contributed by atoms with van der Waals surface area (Å²) in [7, 11) is 0. The minimum absolute atomic E-state index is 0.111. The predicted molar refractivity (Wildman–Crippen MR) is 77.9 cm³/mol. The van der Waals surface area contributed by atoms with E-state index in [1.165, 1.54) is 5.69 Å². The molecule has 1 N–H and O–H groups in total. The van der Waals surface area contributed by atoms with E-state index in [1.807, 2.05) is 6.07 Å². The van der Waals surface area contributed by atoms with E-state index in [0.29, 0.717) is 25.4 Å². The summed E-state index contributed by atoms with van der Waals surface area (Å²) in [5.41, 5.74) is 2.89. The minimum atomic E-state index is -0.111. The monoisotopic (exact) mass is 288 g/mol. The fraction of sp³-hybridized carbons (Fsp3) is 0.625. The second kappa shape index (κ2) is 5.63. The van der Waals surface area contributed by atoms with Gasteiger partial charge in [-0.3, -0.25) is 4.90 Å². The van der Waals surface area contributed by atoms with Crippen LogP contribution in [0.3, 0.4) is 0 Å². The Kier molecular flexibility index (Phi) is 3.83. The first-order valence-electron chi connectivity index (χ1n) is 7.60. The molecule has 1 aromatic heterocycles. The van der Waals surface area contributed by atoms with Gasteiger partial charge < -0.3 is 9.47 Å². The molecule has 1 aromatic rings. The first kappa shape index (κ1) is 14.3. The third kappa shape index (κ3) is 2.74. The molecule has 0 aromatic carbocycles. The van der Waals surface area contributed by atoms with Gasteiger partial charge in [0.25, 0.3) is 5.82 Å². The van der Waals surface area contributed by atoms with E-state index < -0.39 is 0 Å². The van der Waals surface area contributed by atoms with E-state index in [2.05, 4.69) is 29.8 Å². The van der Waals surface area contributed by atoms with E-state index in [4.69, 9.17) is 9.47 Å². The lowest BCUT2D eigenvalue weighted by molar-refractivity contribution is -0.384. The van der Waals surface area contributed by atoms with Crippen LogP contribution >= 0.6 is 0 Å². The Morgan fingerprint density at radius 2 is 2.19 bits per heavy atom. The van der Waals surface area contributed by atoms with E-state index in [9.17, 15) is 5.26 Å². The van der Waals surface area contributed by atoms with Crippen LogP contribution in [0, 0.1) is 11.3 Å². The molecule has 0 spiro atoms. The second-order valence-corrected chi connectivity index (χ2v) is 6.02. The van der Waals surface area contributed by atoms with Crippen molar-refractivity contribution >= 4 is 5.82 Å². The number of nitrogens with zero attached hydrogens (tertiary/aromatic N) is 2. The molecule has 0 unspecified atom stereocenters. The largest absolute Gasteiger partial charge is 0.373 e. The molecule has 112 valence electrons. The number of anilines is 1. The Bertz CT molecular complexity index is 576. The third-order valence-corrected chi connectivity index (χ3v) is 4.55. The van der Waals surface area contributed by atoms with Crippen LogP contribution in [-0.2, 0) is 22.5 Å². The Morgan fingerprint density at radius 1 is 1.43 bits per heavy atom. The number of nitrogens with one attached hydrogen (secondary N) is 1. The Balaban J connectivity index is 1.97. The smallest absolute Gasteiger partial charge is 0.292 e. The highest BCUT2D eigenvalue weighted by Gasteiger charge is 2.34. The zero-order valence-corrected chi connectivity index (χ0v) is 12.7. The van der Waals surface area contributed by atoms with Gasteiger partial charge in [-0.15, -0.1) is 0 Å². The van der Waals surface area contributed by atoms with E-state index in [-0.39, 0.29) is 5.60 Å². The van der Waals surface area contributed by atoms with Crippen molar-refractivity contribution in [2.75, 3.05) is 31.2 Å². The van der Waals surface area contributed by atoms with Gasteiger partial charge in [0.15, 0.2) is 0 Å². The first-order valence-corrected chi connectivity index (χ1v) is 7.60. The van der Waals surface area contributed by atoms with Gasteiger partial charge in [0.2, 0.25) is 0 Å². The lowest BCUT2D eigenvalue weighted by atomic mass is 9.91. The summed E-state index contributed by atoms with van der Waals surface area (Å²) in [6.07, 6.45) is 1.84. The van der Waals surface area contributed by atoms with Crippen molar-refractivity contribution in [2.24, 2.45) is 0 Å². The fourth-order valence-corrected chi connectivity index (χ4v) is 2.93. The van der Waals surface area contributed by atoms with Gasteiger partial charge in [-0.2, -0.15) is 5.26 Å². The van der Waals surface area contributed by atoms with Crippen LogP contribution < -0.4 is 9.88 Å². The molecule has 3 rings (SSSR count). The molecule has 21 heavy (non-hydrogen) atoms. The molecule has 0 bridgehead atoms. The van der Waals surface area contributed by atoms with Crippen molar-refractivity contribution in [2.45, 2.75) is 38.9 Å². The zero-order chi connectivity index (χ0) is 14.9. The molecule has 2 aliphatic heterocycles. The number of ether oxygens (including phenoxy) is 2. The van der Waals surface area contributed by atoms with Crippen molar-refractivity contribution < 1.29 is 14.5 Å². The topological polar surface area (TPSA) is 59.6 Å². The number of hydrogen-bond donors (Lipinski definition) is 0. The first-order chi connectivity index (χ1) is 10.1. The lowest BCUT2D eigenvalue weighted by Gasteiger charge is -2.33. The van der Waals surface area contributed by atoms with Crippen LogP contribution in [0.2, 0.25) is 0 Å². The van der Waals surface area contributed by atoms with E-state index in [0.717, 1.165) is 37.3 Å². The SMILES string of the molecule is CC[C@@]1(C)Cc2[nH+]c(N3CCOCC3)c(C#N)cc2CO1. The van der Waals surface area contributed by atoms with Crippen LogP contribution in [0.1, 0.15) is 37.1 Å². The molecule has 0 amide bonds. The molecule has 0 aliphatic carbocycles. The molecule has 1 saturated heterocycles. The number of aromatic amines is 1. The molecule has 2 aliphatic rings. The quantitative estimate of drug-likeness (QED) is 0.826. The number of aromatic nitrogens is 1. The van der Waals surface area contributed by atoms with Crippen molar-refractivity contribution in [3.63, 3.8) is 0 Å². The van der Waals surface area contributed by atoms with Gasteiger partial charge in [0, 0.05) is 12.0 Å². The van der Waals surface area contributed by atoms with Crippen LogP contribution in [0.15, 0.2) is 6.07 Å². The molecule has 5 heteroatoms. The summed E-state index contributed by atoms with van der Waals surface area (Å²) in [6, 6.07) is 4.29. The fourth-order valence-electron chi connectivity index (χ4n) is 2.93. The molecule has 5 nitrogen and oxygen atoms in total. The molecule has 0 radical (unpaired) electrons. The number of hydrogen-bond acceptors (Lipinski definition) is 4. The Morgan fingerprint density at radius 3 is 2.86 bits per heavy atom. The van der Waals surface area contributed by atoms with Crippen LogP contribution in [0.4, 0.5) is 5.82 Å². The maximum Gasteiger partial charge on any atom is 0.292 e. The Labute approximate surface area is 125 Å². The summed E-state index contributed by atoms with van der Waals surface area (Å²) in [4.78, 5) is 5.72. The summed E-state index contributed by atoms with van der Waals surface area (Å²) in [6.45, 7) is 7.95. The van der Waals surface area contributed by atoms with Crippen molar-refractivity contribution in [1.82, 2.24) is 0 Å². The maximum atomic E-state index is 9.43. The number of fused-ring (bicyclic) bond motifs is 1. The van der Waals surface area contributed by atoms with Crippen molar-refractivity contribution in [3.8, 4) is 6.07 Å². The number of morpholine rings is 1. The lowest BCUT2D eigenvalue weighted by Crippen LogP contribution is -2.43. The van der Waals surface area contributed by atoms with Gasteiger partial charge in [0.05, 0.1) is 25.4 Å². The zero-order valence-electron chi connectivity index (χ0n) is 12.7. The highest BCUT2D eigenvalue weighted by molar-refractivity contribution is 5.52. The third-order valence-electron chi connectivity index (χ3n) is 4.55. The molecule has 1 atom stereocenters. The second-order valence-electron chi connectivity index (χ2n) is 6.02. The van der Waals surface area contributed by atoms with Crippen molar-refractivity contribution in [3.05, 3.63) is 22.9 Å². The normalized spacial score (nSPS) is 25.3. The van der Waals surface area contributed by atoms with Gasteiger partial charge in [0.1, 0.15) is 30.4 Å². The van der Waals surface area contributed by atoms with Gasteiger partial charge in [-0.05, 0) is 19.4 Å². The summed E-state index contributed by atoms with van der Waals surface area (Å²) in [5, 5.41) is 9.43. The number of rotatable bonds is 2. The molecule has 1 fully saturated rings. The van der Waals surface area contributed by atoms with Crippen LogP contribution in [-0.4, -0.2) is 31.9 Å². The van der Waals surface area contributed by atoms with E-state index in [1.54, 1.807) is 0 Å². The average Bonchev–Trinajstić information content (AvgIpc) is 2.54. The number of nitriles is 1. The minimum Gasteiger partial charge on any atom is -0.373 e. The highest BCUT2D eigenvalue weighted by atomic mass is 16.5. The highest BCUT2D eigenvalue weighted by Crippen LogP contribution is 2.30. The molecule has 3 heterocycles. The van der Waals surface area contributed by atoms with Crippen molar-refractivity contribution in [1.29, 1.82) is 5.26 Å². The maximum absolute atomic E-state index is 9.43. The van der Waals surface area contributed by atoms with Crippen LogP contribution in [0.5, 0.6) is 0 Å². The molecular weight excluding hydrogens is 266 g/mol. The summed E-state index contributed by atoms with van der Waals surface area (Å²) in [5.74, 6) is 0.930. The molecule has 0 saturated carbocycles. The number of pyridine rings is 1. The van der Waals surface area contributed by atoms with Gasteiger partial charge in [-0.1, -0.05) is 6.92 Å². The predicted octanol–water partition coefficient (Wildman–Crippen LogP) is 1.45. The average molecular weight is 288 g/mol. The van der Waals surface area contributed by atoms with E-state index >= 15 is 0 Å².